The van der Waals surface area contributed by atoms with Crippen molar-refractivity contribution in [1.82, 2.24) is 9.80 Å². The largest absolute Gasteiger partial charge is 0.503 e. The average molecular weight is 481 g/mol. The highest BCUT2D eigenvalue weighted by molar-refractivity contribution is 6.30. The second kappa shape index (κ2) is 9.25. The number of carbonyl (C=O) groups is 2. The van der Waals surface area contributed by atoms with Crippen LogP contribution in [0.5, 0.6) is 0 Å². The van der Waals surface area contributed by atoms with Gasteiger partial charge in [0.05, 0.1) is 24.8 Å². The molecule has 1 N–H and O–H groups in total. The number of rotatable bonds is 6. The van der Waals surface area contributed by atoms with E-state index < -0.39 is 23.5 Å². The summed E-state index contributed by atoms with van der Waals surface area (Å²) in [6.45, 7) is 5.76. The number of amides is 1. The van der Waals surface area contributed by atoms with Crippen LogP contribution in [0.1, 0.15) is 27.7 Å². The molecular formula is C26H25ClN2O5. The number of ether oxygens (including phenoxy) is 1. The Morgan fingerprint density at radius 3 is 2.56 bits per heavy atom. The Morgan fingerprint density at radius 2 is 1.82 bits per heavy atom. The summed E-state index contributed by atoms with van der Waals surface area (Å²) in [4.78, 5) is 30.5. The number of aliphatic hydroxyl groups excluding tert-OH is 1. The van der Waals surface area contributed by atoms with Crippen LogP contribution < -0.4 is 0 Å². The van der Waals surface area contributed by atoms with Gasteiger partial charge < -0.3 is 19.2 Å². The first-order valence-corrected chi connectivity index (χ1v) is 11.6. The number of aryl methyl sites for hydroxylation is 1. The molecule has 0 spiro atoms. The van der Waals surface area contributed by atoms with E-state index in [4.69, 9.17) is 20.8 Å². The maximum absolute atomic E-state index is 13.6. The van der Waals surface area contributed by atoms with Crippen LogP contribution in [0, 0.1) is 6.92 Å². The number of morpholine rings is 1. The topological polar surface area (TPSA) is 83.2 Å². The van der Waals surface area contributed by atoms with Crippen LogP contribution in [-0.4, -0.2) is 66.0 Å². The number of hydrogen-bond donors (Lipinski definition) is 1. The number of halogens is 1. The molecular weight excluding hydrogens is 456 g/mol. The van der Waals surface area contributed by atoms with Crippen molar-refractivity contribution in [2.75, 3.05) is 39.4 Å². The van der Waals surface area contributed by atoms with E-state index in [0.717, 1.165) is 24.0 Å². The normalized spacial score (nSPS) is 19.4. The highest BCUT2D eigenvalue weighted by Crippen LogP contribution is 2.39. The fourth-order valence-electron chi connectivity index (χ4n) is 4.59. The summed E-state index contributed by atoms with van der Waals surface area (Å²) in [5.41, 5.74) is 2.33. The second-order valence-corrected chi connectivity index (χ2v) is 9.09. The highest BCUT2D eigenvalue weighted by atomic mass is 35.5. The lowest BCUT2D eigenvalue weighted by Gasteiger charge is -2.31. The highest BCUT2D eigenvalue weighted by Gasteiger charge is 2.44. The first-order valence-electron chi connectivity index (χ1n) is 11.3. The quantitative estimate of drug-likeness (QED) is 0.529. The van der Waals surface area contributed by atoms with Crippen LogP contribution in [0.2, 0.25) is 5.02 Å². The summed E-state index contributed by atoms with van der Waals surface area (Å²) in [5, 5.41) is 12.2. The zero-order valence-electron chi connectivity index (χ0n) is 18.8. The van der Waals surface area contributed by atoms with E-state index in [2.05, 4.69) is 4.90 Å². The minimum Gasteiger partial charge on any atom is -0.503 e. The molecule has 1 atom stereocenters. The van der Waals surface area contributed by atoms with Crippen molar-refractivity contribution in [2.24, 2.45) is 0 Å². The molecule has 3 aromatic rings. The lowest BCUT2D eigenvalue weighted by Crippen LogP contribution is -2.43. The van der Waals surface area contributed by atoms with Crippen LogP contribution >= 0.6 is 11.6 Å². The van der Waals surface area contributed by atoms with E-state index in [9.17, 15) is 14.7 Å². The number of furan rings is 1. The number of Topliss-reactive ketones (excluding diaryl/α,β-unsaturated/α-hetero) is 1. The molecule has 2 aliphatic rings. The number of benzene rings is 2. The molecule has 3 heterocycles. The Bertz CT molecular complexity index is 1270. The number of aliphatic hydroxyl groups is 1. The predicted octanol–water partition coefficient (Wildman–Crippen LogP) is 4.31. The molecule has 1 aromatic heterocycles. The first-order chi connectivity index (χ1) is 16.4. The van der Waals surface area contributed by atoms with Gasteiger partial charge in [0.1, 0.15) is 5.58 Å². The Balaban J connectivity index is 1.50. The number of nitrogens with zero attached hydrogens (tertiary/aromatic N) is 2. The van der Waals surface area contributed by atoms with Crippen LogP contribution in [-0.2, 0) is 9.53 Å². The Hall–Kier alpha value is -3.13. The summed E-state index contributed by atoms with van der Waals surface area (Å²) in [6, 6.07) is 13.5. The molecule has 1 amide bonds. The SMILES string of the molecule is Cc1ccc2oc(C(=O)C3=C(O)C(=O)N(CCN4CCOCC4)C3c3ccc(Cl)cc3)cc2c1. The van der Waals surface area contributed by atoms with E-state index in [0.29, 0.717) is 42.5 Å². The van der Waals surface area contributed by atoms with Gasteiger partial charge in [-0.15, -0.1) is 0 Å². The fourth-order valence-corrected chi connectivity index (χ4v) is 4.72. The van der Waals surface area contributed by atoms with Crippen molar-refractivity contribution in [2.45, 2.75) is 13.0 Å². The average Bonchev–Trinajstić information content (AvgIpc) is 3.37. The van der Waals surface area contributed by atoms with E-state index in [1.165, 1.54) is 0 Å². The maximum Gasteiger partial charge on any atom is 0.290 e. The zero-order chi connectivity index (χ0) is 23.8. The minimum absolute atomic E-state index is 0.0186. The molecule has 34 heavy (non-hydrogen) atoms. The number of hydrogen-bond acceptors (Lipinski definition) is 6. The molecule has 8 heteroatoms. The van der Waals surface area contributed by atoms with Crippen molar-refractivity contribution in [3.05, 3.63) is 81.8 Å². The van der Waals surface area contributed by atoms with Crippen molar-refractivity contribution in [3.63, 3.8) is 0 Å². The molecule has 1 saturated heterocycles. The molecule has 0 saturated carbocycles. The lowest BCUT2D eigenvalue weighted by atomic mass is 9.95. The third kappa shape index (κ3) is 4.22. The number of carbonyl (C=O) groups excluding carboxylic acids is 2. The van der Waals surface area contributed by atoms with Crippen LogP contribution in [0.4, 0.5) is 0 Å². The number of ketones is 1. The first kappa shape index (κ1) is 22.7. The van der Waals surface area contributed by atoms with Gasteiger partial charge in [-0.3, -0.25) is 14.5 Å². The second-order valence-electron chi connectivity index (χ2n) is 8.65. The summed E-state index contributed by atoms with van der Waals surface area (Å²) in [5.74, 6) is -1.52. The van der Waals surface area contributed by atoms with Crippen LogP contribution in [0.25, 0.3) is 11.0 Å². The van der Waals surface area contributed by atoms with Gasteiger partial charge in [0.2, 0.25) is 5.78 Å². The molecule has 0 aliphatic carbocycles. The van der Waals surface area contributed by atoms with E-state index in [1.54, 1.807) is 41.3 Å². The summed E-state index contributed by atoms with van der Waals surface area (Å²) in [6.07, 6.45) is 0. The zero-order valence-corrected chi connectivity index (χ0v) is 19.5. The van der Waals surface area contributed by atoms with Gasteiger partial charge in [0.15, 0.2) is 11.5 Å². The Labute approximate surface area is 202 Å². The van der Waals surface area contributed by atoms with Crippen molar-refractivity contribution in [3.8, 4) is 0 Å². The van der Waals surface area contributed by atoms with Crippen molar-refractivity contribution in [1.29, 1.82) is 0 Å². The summed E-state index contributed by atoms with van der Waals surface area (Å²) >= 11 is 6.09. The van der Waals surface area contributed by atoms with Crippen LogP contribution in [0.15, 0.2) is 64.3 Å². The van der Waals surface area contributed by atoms with Crippen molar-refractivity contribution < 1.29 is 23.8 Å². The third-order valence-electron chi connectivity index (χ3n) is 6.39. The van der Waals surface area contributed by atoms with Gasteiger partial charge >= 0.3 is 0 Å². The van der Waals surface area contributed by atoms with Gasteiger partial charge in [0.25, 0.3) is 5.91 Å². The van der Waals surface area contributed by atoms with Crippen LogP contribution in [0.3, 0.4) is 0 Å². The molecule has 0 radical (unpaired) electrons. The van der Waals surface area contributed by atoms with E-state index >= 15 is 0 Å². The van der Waals surface area contributed by atoms with Gasteiger partial charge in [0, 0.05) is 36.6 Å². The lowest BCUT2D eigenvalue weighted by molar-refractivity contribution is -0.129. The molecule has 1 fully saturated rings. The van der Waals surface area contributed by atoms with Gasteiger partial charge in [-0.05, 0) is 42.8 Å². The predicted molar refractivity (Wildman–Crippen MR) is 128 cm³/mol. The third-order valence-corrected chi connectivity index (χ3v) is 6.64. The van der Waals surface area contributed by atoms with E-state index in [-0.39, 0.29) is 11.3 Å². The smallest absolute Gasteiger partial charge is 0.290 e. The van der Waals surface area contributed by atoms with Gasteiger partial charge in [-0.25, -0.2) is 0 Å². The molecule has 5 rings (SSSR count). The summed E-state index contributed by atoms with van der Waals surface area (Å²) in [7, 11) is 0. The molecule has 2 aliphatic heterocycles. The monoisotopic (exact) mass is 480 g/mol. The number of fused-ring (bicyclic) bond motifs is 1. The minimum atomic E-state index is -0.742. The molecule has 2 aromatic carbocycles. The molecule has 1 unspecified atom stereocenters. The summed E-state index contributed by atoms with van der Waals surface area (Å²) < 4.78 is 11.2. The van der Waals surface area contributed by atoms with E-state index in [1.807, 2.05) is 19.1 Å². The maximum atomic E-state index is 13.6. The van der Waals surface area contributed by atoms with Gasteiger partial charge in [-0.2, -0.15) is 0 Å². The molecule has 176 valence electrons. The Morgan fingerprint density at radius 1 is 1.09 bits per heavy atom. The molecule has 7 nitrogen and oxygen atoms in total. The Kier molecular flexibility index (Phi) is 6.16. The standard InChI is InChI=1S/C26H25ClN2O5/c1-16-2-7-20-18(14-16)15-21(34-20)24(30)22-23(17-3-5-19(27)6-4-17)29(26(32)25(22)31)9-8-28-10-12-33-13-11-28/h2-7,14-15,23,31H,8-13H2,1H3. The fraction of sp³-hybridized carbons (Fsp3) is 0.308. The molecule has 0 bridgehead atoms. The van der Waals surface area contributed by atoms with Crippen molar-refractivity contribution >= 4 is 34.3 Å². The van der Waals surface area contributed by atoms with Gasteiger partial charge in [-0.1, -0.05) is 35.4 Å².